The monoisotopic (exact) mass is 332 g/mol. The number of carbonyl (C=O) groups is 1. The van der Waals surface area contributed by atoms with Crippen LogP contribution in [0.4, 0.5) is 0 Å². The number of thioether (sulfide) groups is 1. The molecule has 0 aliphatic carbocycles. The van der Waals surface area contributed by atoms with Crippen LogP contribution in [0.1, 0.15) is 38.7 Å². The quantitative estimate of drug-likeness (QED) is 0.566. The molecule has 6 heteroatoms. The number of aryl methyl sites for hydroxylation is 1. The largest absolute Gasteiger partial charge is 0.355 e. The molecular weight excluding hydrogens is 308 g/mol. The molecule has 0 saturated carbocycles. The van der Waals surface area contributed by atoms with E-state index in [1.165, 1.54) is 17.3 Å². The molecule has 124 valence electrons. The Bertz CT molecular complexity index is 627. The Labute approximate surface area is 141 Å². The normalized spacial score (nSPS) is 10.7. The molecule has 0 radical (unpaired) electrons. The molecule has 1 N–H and O–H groups in total. The molecular formula is C17H24N4OS. The van der Waals surface area contributed by atoms with Gasteiger partial charge in [0.15, 0.2) is 5.16 Å². The highest BCUT2D eigenvalue weighted by Crippen LogP contribution is 2.22. The Balaban J connectivity index is 1.95. The minimum atomic E-state index is 0.0458. The number of benzene rings is 1. The van der Waals surface area contributed by atoms with Crippen LogP contribution < -0.4 is 5.32 Å². The van der Waals surface area contributed by atoms with Crippen molar-refractivity contribution in [1.82, 2.24) is 20.1 Å². The maximum Gasteiger partial charge on any atom is 0.230 e. The zero-order valence-corrected chi connectivity index (χ0v) is 14.6. The van der Waals surface area contributed by atoms with Crippen molar-refractivity contribution in [1.29, 1.82) is 0 Å². The number of hydrogen-bond acceptors (Lipinski definition) is 4. The topological polar surface area (TPSA) is 59.8 Å². The maximum atomic E-state index is 11.9. The van der Waals surface area contributed by atoms with Crippen LogP contribution >= 0.6 is 11.8 Å². The average molecular weight is 332 g/mol. The molecule has 0 fully saturated rings. The number of para-hydroxylation sites is 1. The van der Waals surface area contributed by atoms with E-state index in [1.54, 1.807) is 6.33 Å². The molecule has 0 saturated heterocycles. The molecule has 23 heavy (non-hydrogen) atoms. The van der Waals surface area contributed by atoms with Gasteiger partial charge < -0.3 is 5.32 Å². The van der Waals surface area contributed by atoms with Gasteiger partial charge in [0.1, 0.15) is 6.33 Å². The molecule has 0 atom stereocenters. The summed E-state index contributed by atoms with van der Waals surface area (Å²) in [4.78, 5) is 11.9. The average Bonchev–Trinajstić information content (AvgIpc) is 3.05. The van der Waals surface area contributed by atoms with Gasteiger partial charge in [0, 0.05) is 6.54 Å². The molecule has 1 heterocycles. The van der Waals surface area contributed by atoms with Gasteiger partial charge in [-0.2, -0.15) is 0 Å². The van der Waals surface area contributed by atoms with Crippen LogP contribution in [0.2, 0.25) is 0 Å². The van der Waals surface area contributed by atoms with E-state index in [4.69, 9.17) is 0 Å². The standard InChI is InChI=1S/C17H24N4OS/c1-3-5-8-11-18-16(22)12-23-17-20-19-13-21(17)15-10-7-6-9-14(15)4-2/h6-7,9-10,13H,3-5,8,11-12H2,1-2H3,(H,18,22). The maximum absolute atomic E-state index is 11.9. The summed E-state index contributed by atoms with van der Waals surface area (Å²) in [5.41, 5.74) is 2.31. The highest BCUT2D eigenvalue weighted by atomic mass is 32.2. The third-order valence-corrected chi connectivity index (χ3v) is 4.53. The van der Waals surface area contributed by atoms with Crippen molar-refractivity contribution in [2.45, 2.75) is 44.7 Å². The second kappa shape index (κ2) is 9.35. The predicted molar refractivity (Wildman–Crippen MR) is 94.0 cm³/mol. The Hall–Kier alpha value is -1.82. The number of nitrogens with one attached hydrogen (secondary N) is 1. The minimum absolute atomic E-state index is 0.0458. The lowest BCUT2D eigenvalue weighted by Gasteiger charge is -2.10. The zero-order valence-electron chi connectivity index (χ0n) is 13.8. The first-order valence-corrected chi connectivity index (χ1v) is 9.12. The first-order valence-electron chi connectivity index (χ1n) is 8.14. The number of rotatable bonds is 9. The first-order chi connectivity index (χ1) is 11.3. The SMILES string of the molecule is CCCCCNC(=O)CSc1nncn1-c1ccccc1CC. The summed E-state index contributed by atoms with van der Waals surface area (Å²) in [6.45, 7) is 5.02. The van der Waals surface area contributed by atoms with Crippen molar-refractivity contribution >= 4 is 17.7 Å². The fourth-order valence-electron chi connectivity index (χ4n) is 2.32. The number of hydrogen-bond donors (Lipinski definition) is 1. The van der Waals surface area contributed by atoms with Crippen molar-refractivity contribution in [3.8, 4) is 5.69 Å². The van der Waals surface area contributed by atoms with Crippen molar-refractivity contribution in [2.24, 2.45) is 0 Å². The van der Waals surface area contributed by atoms with Crippen LogP contribution in [0.3, 0.4) is 0 Å². The Morgan fingerprint density at radius 3 is 2.87 bits per heavy atom. The van der Waals surface area contributed by atoms with E-state index in [9.17, 15) is 4.79 Å². The van der Waals surface area contributed by atoms with Crippen LogP contribution in [0.15, 0.2) is 35.7 Å². The fourth-order valence-corrected chi connectivity index (χ4v) is 3.07. The highest BCUT2D eigenvalue weighted by molar-refractivity contribution is 7.99. The molecule has 2 aromatic rings. The molecule has 0 aliphatic heterocycles. The van der Waals surface area contributed by atoms with Gasteiger partial charge in [-0.15, -0.1) is 10.2 Å². The molecule has 5 nitrogen and oxygen atoms in total. The fraction of sp³-hybridized carbons (Fsp3) is 0.471. The third kappa shape index (κ3) is 5.10. The molecule has 0 bridgehead atoms. The second-order valence-corrected chi connectivity index (χ2v) is 6.25. The summed E-state index contributed by atoms with van der Waals surface area (Å²) in [7, 11) is 0. The van der Waals surface area contributed by atoms with Gasteiger partial charge in [-0.05, 0) is 24.5 Å². The van der Waals surface area contributed by atoms with Gasteiger partial charge >= 0.3 is 0 Å². The number of unbranched alkanes of at least 4 members (excludes halogenated alkanes) is 2. The van der Waals surface area contributed by atoms with Crippen molar-refractivity contribution in [2.75, 3.05) is 12.3 Å². The third-order valence-electron chi connectivity index (χ3n) is 3.58. The molecule has 1 amide bonds. The van der Waals surface area contributed by atoms with Crippen LogP contribution in [0, 0.1) is 0 Å². The van der Waals surface area contributed by atoms with E-state index >= 15 is 0 Å². The van der Waals surface area contributed by atoms with E-state index in [0.29, 0.717) is 5.75 Å². The van der Waals surface area contributed by atoms with Crippen LogP contribution in [-0.4, -0.2) is 33.0 Å². The number of nitrogens with zero attached hydrogens (tertiary/aromatic N) is 3. The van der Waals surface area contributed by atoms with E-state index in [-0.39, 0.29) is 5.91 Å². The molecule has 1 aromatic carbocycles. The van der Waals surface area contributed by atoms with Gasteiger partial charge in [-0.1, -0.05) is 56.7 Å². The van der Waals surface area contributed by atoms with Crippen molar-refractivity contribution < 1.29 is 4.79 Å². The lowest BCUT2D eigenvalue weighted by Crippen LogP contribution is -2.26. The number of carbonyl (C=O) groups excluding carboxylic acids is 1. The van der Waals surface area contributed by atoms with Crippen LogP contribution in [0.5, 0.6) is 0 Å². The van der Waals surface area contributed by atoms with Gasteiger partial charge in [-0.3, -0.25) is 9.36 Å². The summed E-state index contributed by atoms with van der Waals surface area (Å²) in [5, 5.41) is 11.8. The summed E-state index contributed by atoms with van der Waals surface area (Å²) < 4.78 is 1.95. The van der Waals surface area contributed by atoms with Crippen molar-refractivity contribution in [3.63, 3.8) is 0 Å². The summed E-state index contributed by atoms with van der Waals surface area (Å²) in [6.07, 6.45) is 5.99. The lowest BCUT2D eigenvalue weighted by atomic mass is 10.1. The molecule has 0 spiro atoms. The molecule has 0 aliphatic rings. The van der Waals surface area contributed by atoms with Gasteiger partial charge in [0.05, 0.1) is 11.4 Å². The summed E-state index contributed by atoms with van der Waals surface area (Å²) in [6, 6.07) is 8.19. The van der Waals surface area contributed by atoms with Crippen molar-refractivity contribution in [3.05, 3.63) is 36.2 Å². The van der Waals surface area contributed by atoms with Crippen LogP contribution in [0.25, 0.3) is 5.69 Å². The lowest BCUT2D eigenvalue weighted by molar-refractivity contribution is -0.118. The van der Waals surface area contributed by atoms with Gasteiger partial charge in [-0.25, -0.2) is 0 Å². The highest BCUT2D eigenvalue weighted by Gasteiger charge is 2.11. The summed E-state index contributed by atoms with van der Waals surface area (Å²) in [5.74, 6) is 0.406. The number of amides is 1. The summed E-state index contributed by atoms with van der Waals surface area (Å²) >= 11 is 1.42. The van der Waals surface area contributed by atoms with Gasteiger partial charge in [0.25, 0.3) is 0 Å². The number of aromatic nitrogens is 3. The first kappa shape index (κ1) is 17.5. The molecule has 0 unspecified atom stereocenters. The Morgan fingerprint density at radius 1 is 1.26 bits per heavy atom. The van der Waals surface area contributed by atoms with E-state index in [1.807, 2.05) is 16.7 Å². The van der Waals surface area contributed by atoms with E-state index < -0.39 is 0 Å². The van der Waals surface area contributed by atoms with Crippen LogP contribution in [-0.2, 0) is 11.2 Å². The van der Waals surface area contributed by atoms with Gasteiger partial charge in [0.2, 0.25) is 5.91 Å². The molecule has 2 rings (SSSR count). The molecule has 1 aromatic heterocycles. The smallest absolute Gasteiger partial charge is 0.230 e. The minimum Gasteiger partial charge on any atom is -0.355 e. The Kier molecular flexibility index (Phi) is 7.13. The Morgan fingerprint density at radius 2 is 2.09 bits per heavy atom. The zero-order chi connectivity index (χ0) is 16.5. The van der Waals surface area contributed by atoms with E-state index in [0.717, 1.165) is 43.1 Å². The predicted octanol–water partition coefficient (Wildman–Crippen LogP) is 3.23. The van der Waals surface area contributed by atoms with E-state index in [2.05, 4.69) is 41.5 Å². The second-order valence-electron chi connectivity index (χ2n) is 5.31.